The van der Waals surface area contributed by atoms with E-state index in [2.05, 4.69) is 25.5 Å². The van der Waals surface area contributed by atoms with Crippen molar-refractivity contribution in [1.29, 1.82) is 0 Å². The molecule has 7 nitrogen and oxygen atoms in total. The molecule has 0 fully saturated rings. The maximum Gasteiger partial charge on any atom is 0.276 e. The van der Waals surface area contributed by atoms with E-state index in [1.807, 2.05) is 18.2 Å². The number of pyridine rings is 1. The lowest BCUT2D eigenvalue weighted by molar-refractivity contribution is 0.102. The van der Waals surface area contributed by atoms with Crippen molar-refractivity contribution in [2.24, 2.45) is 0 Å². The van der Waals surface area contributed by atoms with E-state index in [1.54, 1.807) is 30.7 Å². The van der Waals surface area contributed by atoms with E-state index in [1.165, 1.54) is 6.39 Å². The Bertz CT molecular complexity index is 961. The second kappa shape index (κ2) is 5.38. The lowest BCUT2D eigenvalue weighted by atomic mass is 10.1. The maximum atomic E-state index is 12.4. The predicted octanol–water partition coefficient (Wildman–Crippen LogP) is 2.87. The third kappa shape index (κ3) is 2.44. The average molecular weight is 305 g/mol. The number of nitrogens with one attached hydrogen (secondary N) is 2. The molecule has 0 saturated heterocycles. The van der Waals surface area contributed by atoms with Gasteiger partial charge in [0.05, 0.1) is 11.7 Å². The molecule has 112 valence electrons. The molecule has 0 radical (unpaired) electrons. The number of aromatic amines is 1. The van der Waals surface area contributed by atoms with Gasteiger partial charge in [0.15, 0.2) is 17.8 Å². The molecular weight excluding hydrogens is 294 g/mol. The molecule has 0 unspecified atom stereocenters. The van der Waals surface area contributed by atoms with Crippen LogP contribution < -0.4 is 5.32 Å². The van der Waals surface area contributed by atoms with Gasteiger partial charge in [-0.15, -0.1) is 0 Å². The van der Waals surface area contributed by atoms with Crippen LogP contribution in [0.1, 0.15) is 10.5 Å². The van der Waals surface area contributed by atoms with Gasteiger partial charge in [0.25, 0.3) is 5.91 Å². The number of hydrogen-bond acceptors (Lipinski definition) is 5. The number of oxazole rings is 1. The van der Waals surface area contributed by atoms with Crippen LogP contribution in [0.3, 0.4) is 0 Å². The summed E-state index contributed by atoms with van der Waals surface area (Å²) in [6.07, 6.45) is 6.21. The second-order valence-electron chi connectivity index (χ2n) is 4.89. The average Bonchev–Trinajstić information content (AvgIpc) is 3.25. The van der Waals surface area contributed by atoms with Crippen molar-refractivity contribution in [3.05, 3.63) is 61.0 Å². The second-order valence-corrected chi connectivity index (χ2v) is 4.89. The number of benzene rings is 1. The van der Waals surface area contributed by atoms with Crippen molar-refractivity contribution in [3.63, 3.8) is 0 Å². The van der Waals surface area contributed by atoms with Gasteiger partial charge in [-0.1, -0.05) is 0 Å². The van der Waals surface area contributed by atoms with Crippen LogP contribution >= 0.6 is 0 Å². The Morgan fingerprint density at radius 3 is 2.78 bits per heavy atom. The van der Waals surface area contributed by atoms with Crippen LogP contribution in [0, 0.1) is 0 Å². The first-order valence-corrected chi connectivity index (χ1v) is 6.89. The monoisotopic (exact) mass is 305 g/mol. The topological polar surface area (TPSA) is 96.7 Å². The van der Waals surface area contributed by atoms with Crippen LogP contribution in [0.15, 0.2) is 59.7 Å². The molecule has 3 aromatic heterocycles. The van der Waals surface area contributed by atoms with Gasteiger partial charge in [0.2, 0.25) is 0 Å². The zero-order valence-corrected chi connectivity index (χ0v) is 11.9. The summed E-state index contributed by atoms with van der Waals surface area (Å²) in [4.78, 5) is 20.3. The number of hydrogen-bond donors (Lipinski definition) is 2. The van der Waals surface area contributed by atoms with Crippen LogP contribution in [-0.4, -0.2) is 26.1 Å². The zero-order chi connectivity index (χ0) is 15.6. The summed E-state index contributed by atoms with van der Waals surface area (Å²) in [5.41, 5.74) is 2.58. The number of nitrogens with zero attached hydrogens (tertiary/aromatic N) is 3. The summed E-state index contributed by atoms with van der Waals surface area (Å²) in [5.74, 6) is 0.339. The minimum Gasteiger partial charge on any atom is -0.444 e. The third-order valence-corrected chi connectivity index (χ3v) is 3.43. The molecule has 4 rings (SSSR count). The molecule has 4 aromatic rings. The number of rotatable bonds is 3. The Labute approximate surface area is 130 Å². The largest absolute Gasteiger partial charge is 0.444 e. The minimum absolute atomic E-state index is 0.294. The Hall–Kier alpha value is -3.48. The number of carbonyl (C=O) groups is 1. The van der Waals surface area contributed by atoms with Gasteiger partial charge in [-0.2, -0.15) is 5.10 Å². The Morgan fingerprint density at radius 1 is 1.13 bits per heavy atom. The molecule has 0 aliphatic heterocycles. The quantitative estimate of drug-likeness (QED) is 0.606. The summed E-state index contributed by atoms with van der Waals surface area (Å²) in [6.45, 7) is 0. The molecule has 2 N–H and O–H groups in total. The highest BCUT2D eigenvalue weighted by Gasteiger charge is 2.15. The van der Waals surface area contributed by atoms with Crippen LogP contribution in [0.25, 0.3) is 22.2 Å². The number of aromatic nitrogens is 4. The lowest BCUT2D eigenvalue weighted by Gasteiger charge is -2.03. The van der Waals surface area contributed by atoms with Crippen molar-refractivity contribution in [2.45, 2.75) is 0 Å². The highest BCUT2D eigenvalue weighted by Crippen LogP contribution is 2.25. The molecule has 7 heteroatoms. The van der Waals surface area contributed by atoms with Crippen LogP contribution in [-0.2, 0) is 0 Å². The highest BCUT2D eigenvalue weighted by molar-refractivity contribution is 6.11. The molecule has 0 bridgehead atoms. The van der Waals surface area contributed by atoms with Gasteiger partial charge < -0.3 is 9.73 Å². The number of H-pyrrole nitrogens is 1. The van der Waals surface area contributed by atoms with Gasteiger partial charge in [0, 0.05) is 29.0 Å². The number of anilines is 1. The summed E-state index contributed by atoms with van der Waals surface area (Å²) in [7, 11) is 0. The molecule has 0 aliphatic carbocycles. The first kappa shape index (κ1) is 13.2. The minimum atomic E-state index is -0.294. The van der Waals surface area contributed by atoms with Gasteiger partial charge >= 0.3 is 0 Å². The van der Waals surface area contributed by atoms with Gasteiger partial charge in [-0.3, -0.25) is 14.9 Å². The fourth-order valence-corrected chi connectivity index (χ4v) is 2.32. The number of fused-ring (bicyclic) bond motifs is 1. The van der Waals surface area contributed by atoms with E-state index in [0.717, 1.165) is 11.1 Å². The summed E-state index contributed by atoms with van der Waals surface area (Å²) < 4.78 is 5.29. The van der Waals surface area contributed by atoms with E-state index in [9.17, 15) is 4.79 Å². The molecule has 1 amide bonds. The van der Waals surface area contributed by atoms with Crippen molar-refractivity contribution in [3.8, 4) is 11.3 Å². The van der Waals surface area contributed by atoms with E-state index in [-0.39, 0.29) is 5.91 Å². The fraction of sp³-hybridized carbons (Fsp3) is 0. The molecule has 3 heterocycles. The highest BCUT2D eigenvalue weighted by atomic mass is 16.3. The molecule has 23 heavy (non-hydrogen) atoms. The van der Waals surface area contributed by atoms with Gasteiger partial charge in [-0.05, 0) is 30.3 Å². The Balaban J connectivity index is 1.72. The smallest absolute Gasteiger partial charge is 0.276 e. The van der Waals surface area contributed by atoms with E-state index in [0.29, 0.717) is 22.5 Å². The summed E-state index contributed by atoms with van der Waals surface area (Å²) in [6, 6.07) is 9.01. The standard InChI is InChI=1S/C16H11N5O2/c22-16(19-11-3-5-17-6-4-11)15-12-7-10(14-8-18-9-23-14)1-2-13(12)20-21-15/h1-9H,(H,20,21)(H,17,19,22). The van der Waals surface area contributed by atoms with Crippen LogP contribution in [0.5, 0.6) is 0 Å². The molecular formula is C16H11N5O2. The SMILES string of the molecule is O=C(Nc1ccncc1)c1n[nH]c2ccc(-c3cnco3)cc12. The van der Waals surface area contributed by atoms with Crippen LogP contribution in [0.4, 0.5) is 5.69 Å². The fourth-order valence-electron chi connectivity index (χ4n) is 2.32. The summed E-state index contributed by atoms with van der Waals surface area (Å²) in [5, 5.41) is 10.5. The predicted molar refractivity (Wildman–Crippen MR) is 83.8 cm³/mol. The van der Waals surface area contributed by atoms with Crippen LogP contribution in [0.2, 0.25) is 0 Å². The molecule has 0 saturated carbocycles. The van der Waals surface area contributed by atoms with E-state index >= 15 is 0 Å². The Morgan fingerprint density at radius 2 is 2.00 bits per heavy atom. The summed E-state index contributed by atoms with van der Waals surface area (Å²) >= 11 is 0. The first-order chi connectivity index (χ1) is 11.3. The number of amides is 1. The zero-order valence-electron chi connectivity index (χ0n) is 11.9. The lowest BCUT2D eigenvalue weighted by Crippen LogP contribution is -2.12. The molecule has 1 aromatic carbocycles. The van der Waals surface area contributed by atoms with Crippen molar-refractivity contribution >= 4 is 22.5 Å². The van der Waals surface area contributed by atoms with Gasteiger partial charge in [0.1, 0.15) is 0 Å². The number of carbonyl (C=O) groups excluding carboxylic acids is 1. The van der Waals surface area contributed by atoms with Crippen molar-refractivity contribution < 1.29 is 9.21 Å². The van der Waals surface area contributed by atoms with Gasteiger partial charge in [-0.25, -0.2) is 4.98 Å². The van der Waals surface area contributed by atoms with Crippen molar-refractivity contribution in [2.75, 3.05) is 5.32 Å². The third-order valence-electron chi connectivity index (χ3n) is 3.43. The molecule has 0 atom stereocenters. The first-order valence-electron chi connectivity index (χ1n) is 6.89. The van der Waals surface area contributed by atoms with E-state index in [4.69, 9.17) is 4.42 Å². The van der Waals surface area contributed by atoms with Crippen molar-refractivity contribution in [1.82, 2.24) is 20.2 Å². The molecule has 0 aliphatic rings. The maximum absolute atomic E-state index is 12.4. The Kier molecular flexibility index (Phi) is 3.09. The molecule has 0 spiro atoms. The van der Waals surface area contributed by atoms with E-state index < -0.39 is 0 Å². The normalized spacial score (nSPS) is 10.8.